The first-order chi connectivity index (χ1) is 15.9. The summed E-state index contributed by atoms with van der Waals surface area (Å²) < 4.78 is 0. The Hall–Kier alpha value is -2.92. The van der Waals surface area contributed by atoms with Crippen molar-refractivity contribution in [1.29, 1.82) is 0 Å². The Balaban J connectivity index is 1.72. The van der Waals surface area contributed by atoms with Crippen LogP contribution in [-0.2, 0) is 14.4 Å². The minimum Gasteiger partial charge on any atom is -0.391 e. The van der Waals surface area contributed by atoms with E-state index in [1.165, 1.54) is 23.2 Å². The van der Waals surface area contributed by atoms with E-state index in [9.17, 15) is 19.5 Å². The van der Waals surface area contributed by atoms with Gasteiger partial charge in [0.25, 0.3) is 0 Å². The average molecular weight is 489 g/mol. The lowest BCUT2D eigenvalue weighted by Gasteiger charge is -2.35. The summed E-state index contributed by atoms with van der Waals surface area (Å²) in [6, 6.07) is -2.07. The lowest BCUT2D eigenvalue weighted by Crippen LogP contribution is -2.57. The number of aliphatic hydroxyl groups is 1. The molecule has 0 bridgehead atoms. The van der Waals surface area contributed by atoms with Crippen molar-refractivity contribution in [3.8, 4) is 10.7 Å². The van der Waals surface area contributed by atoms with E-state index in [0.29, 0.717) is 11.4 Å². The molecule has 3 heterocycles. The molecule has 0 spiro atoms. The van der Waals surface area contributed by atoms with Gasteiger partial charge in [0.15, 0.2) is 5.82 Å². The van der Waals surface area contributed by atoms with E-state index >= 15 is 0 Å². The number of hydrogen-bond acceptors (Lipinski definition) is 8. The fourth-order valence-corrected chi connectivity index (χ4v) is 4.66. The SMILES string of the molecule is CC(=O)N[C@H](C(=O)N1C[C@H](O)C[C@H]1C(=O)NC(C)c1cnc(-c2scnc2C)nc1)C(C)(C)C. The number of nitrogens with one attached hydrogen (secondary N) is 2. The molecule has 0 saturated carbocycles. The first-order valence-electron chi connectivity index (χ1n) is 11.2. The molecule has 0 aliphatic carbocycles. The fourth-order valence-electron chi connectivity index (χ4n) is 3.91. The number of aliphatic hydroxyl groups excluding tert-OH is 1. The number of thiazole rings is 1. The molecule has 0 radical (unpaired) electrons. The number of nitrogens with zero attached hydrogens (tertiary/aromatic N) is 4. The smallest absolute Gasteiger partial charge is 0.246 e. The van der Waals surface area contributed by atoms with Gasteiger partial charge in [-0.1, -0.05) is 20.8 Å². The molecular formula is C23H32N6O4S. The van der Waals surface area contributed by atoms with Crippen LogP contribution in [0.2, 0.25) is 0 Å². The quantitative estimate of drug-likeness (QED) is 0.561. The van der Waals surface area contributed by atoms with Crippen molar-refractivity contribution in [2.45, 2.75) is 72.2 Å². The van der Waals surface area contributed by atoms with Gasteiger partial charge < -0.3 is 20.6 Å². The fraction of sp³-hybridized carbons (Fsp3) is 0.565. The molecule has 1 aliphatic heterocycles. The average Bonchev–Trinajstić information content (AvgIpc) is 3.36. The van der Waals surface area contributed by atoms with Crippen LogP contribution >= 0.6 is 11.3 Å². The van der Waals surface area contributed by atoms with E-state index in [0.717, 1.165) is 10.6 Å². The highest BCUT2D eigenvalue weighted by Gasteiger charge is 2.44. The van der Waals surface area contributed by atoms with Gasteiger partial charge in [-0.15, -0.1) is 11.3 Å². The van der Waals surface area contributed by atoms with Gasteiger partial charge in [-0.05, 0) is 19.3 Å². The second-order valence-electron chi connectivity index (χ2n) is 9.73. The number of hydrogen-bond donors (Lipinski definition) is 3. The van der Waals surface area contributed by atoms with Gasteiger partial charge in [0.1, 0.15) is 12.1 Å². The zero-order chi connectivity index (χ0) is 25.2. The summed E-state index contributed by atoms with van der Waals surface area (Å²) in [6.07, 6.45) is 2.62. The summed E-state index contributed by atoms with van der Waals surface area (Å²) in [4.78, 5) is 53.4. The van der Waals surface area contributed by atoms with Crippen molar-refractivity contribution >= 4 is 29.1 Å². The third-order valence-electron chi connectivity index (χ3n) is 5.80. The maximum absolute atomic E-state index is 13.3. The van der Waals surface area contributed by atoms with Gasteiger partial charge in [0.2, 0.25) is 17.7 Å². The summed E-state index contributed by atoms with van der Waals surface area (Å²) in [5, 5.41) is 15.8. The highest BCUT2D eigenvalue weighted by molar-refractivity contribution is 7.13. The number of amides is 3. The molecule has 184 valence electrons. The molecule has 0 aromatic carbocycles. The maximum atomic E-state index is 13.3. The topological polar surface area (TPSA) is 137 Å². The van der Waals surface area contributed by atoms with Crippen LogP contribution in [0.5, 0.6) is 0 Å². The number of carbonyl (C=O) groups excluding carboxylic acids is 3. The first-order valence-corrected chi connectivity index (χ1v) is 12.0. The zero-order valence-electron chi connectivity index (χ0n) is 20.3. The van der Waals surface area contributed by atoms with Crippen LogP contribution in [0, 0.1) is 12.3 Å². The Morgan fingerprint density at radius 1 is 1.18 bits per heavy atom. The monoisotopic (exact) mass is 488 g/mol. The summed E-state index contributed by atoms with van der Waals surface area (Å²) >= 11 is 1.46. The van der Waals surface area contributed by atoms with Crippen molar-refractivity contribution in [2.24, 2.45) is 5.41 Å². The van der Waals surface area contributed by atoms with Crippen LogP contribution < -0.4 is 10.6 Å². The number of aromatic nitrogens is 3. The van der Waals surface area contributed by atoms with Gasteiger partial charge in [0.05, 0.1) is 28.2 Å². The minimum atomic E-state index is -0.844. The largest absolute Gasteiger partial charge is 0.391 e. The van der Waals surface area contributed by atoms with E-state index in [1.807, 2.05) is 27.7 Å². The summed E-state index contributed by atoms with van der Waals surface area (Å²) in [5.74, 6) is -0.529. The summed E-state index contributed by atoms with van der Waals surface area (Å²) in [6.45, 7) is 10.6. The molecule has 11 heteroatoms. The number of rotatable bonds is 6. The molecular weight excluding hydrogens is 456 g/mol. The van der Waals surface area contributed by atoms with Gasteiger partial charge in [-0.3, -0.25) is 14.4 Å². The van der Waals surface area contributed by atoms with Crippen LogP contribution in [0.3, 0.4) is 0 Å². The molecule has 1 aliphatic rings. The molecule has 10 nitrogen and oxygen atoms in total. The predicted molar refractivity (Wildman–Crippen MR) is 128 cm³/mol. The first kappa shape index (κ1) is 25.7. The van der Waals surface area contributed by atoms with Crippen LogP contribution in [-0.4, -0.2) is 67.4 Å². The molecule has 3 N–H and O–H groups in total. The Kier molecular flexibility index (Phi) is 7.67. The van der Waals surface area contributed by atoms with Crippen LogP contribution in [0.25, 0.3) is 10.7 Å². The molecule has 4 atom stereocenters. The summed E-state index contributed by atoms with van der Waals surface area (Å²) in [7, 11) is 0. The molecule has 1 unspecified atom stereocenters. The third kappa shape index (κ3) is 5.76. The summed E-state index contributed by atoms with van der Waals surface area (Å²) in [5.41, 5.74) is 2.74. The van der Waals surface area contributed by atoms with Gasteiger partial charge in [-0.2, -0.15) is 0 Å². The zero-order valence-corrected chi connectivity index (χ0v) is 21.1. The third-order valence-corrected chi connectivity index (χ3v) is 6.73. The van der Waals surface area contributed by atoms with Crippen molar-refractivity contribution in [1.82, 2.24) is 30.5 Å². The highest BCUT2D eigenvalue weighted by Crippen LogP contribution is 2.27. The number of carbonyl (C=O) groups is 3. The standard InChI is InChI=1S/C23H32N6O4S/c1-12(15-8-24-20(25-9-15)18-13(2)26-11-34-18)27-21(32)17-7-16(31)10-29(17)22(33)19(23(4,5)6)28-14(3)30/h8-9,11-12,16-17,19,31H,7,10H2,1-6H3,(H,27,32)(H,28,30)/t12?,16-,17+,19-/m1/s1. The molecule has 3 rings (SSSR count). The number of likely N-dealkylation sites (tertiary alicyclic amines) is 1. The second-order valence-corrected chi connectivity index (χ2v) is 10.6. The Labute approximate surface area is 203 Å². The van der Waals surface area contributed by atoms with Crippen LogP contribution in [0.15, 0.2) is 17.9 Å². The highest BCUT2D eigenvalue weighted by atomic mass is 32.1. The van der Waals surface area contributed by atoms with E-state index in [4.69, 9.17) is 0 Å². The predicted octanol–water partition coefficient (Wildman–Crippen LogP) is 1.60. The van der Waals surface area contributed by atoms with Crippen molar-refractivity contribution < 1.29 is 19.5 Å². The van der Waals surface area contributed by atoms with E-state index in [1.54, 1.807) is 24.8 Å². The normalized spacial score (nSPS) is 20.0. The van der Waals surface area contributed by atoms with E-state index < -0.39 is 29.6 Å². The Bertz CT molecular complexity index is 1050. The maximum Gasteiger partial charge on any atom is 0.246 e. The van der Waals surface area contributed by atoms with Gasteiger partial charge in [-0.25, -0.2) is 15.0 Å². The van der Waals surface area contributed by atoms with E-state index in [-0.39, 0.29) is 30.7 Å². The van der Waals surface area contributed by atoms with Crippen molar-refractivity contribution in [3.05, 3.63) is 29.2 Å². The van der Waals surface area contributed by atoms with Crippen molar-refractivity contribution in [2.75, 3.05) is 6.54 Å². The number of aryl methyl sites for hydroxylation is 1. The molecule has 3 amide bonds. The Morgan fingerprint density at radius 2 is 1.82 bits per heavy atom. The number of β-amino-alcohol motifs (C(OH)–C–C–N with tert-alkyl or cyclic N) is 1. The van der Waals surface area contributed by atoms with Crippen molar-refractivity contribution in [3.63, 3.8) is 0 Å². The Morgan fingerprint density at radius 3 is 2.35 bits per heavy atom. The van der Waals surface area contributed by atoms with Gasteiger partial charge >= 0.3 is 0 Å². The molecule has 1 fully saturated rings. The van der Waals surface area contributed by atoms with Gasteiger partial charge in [0, 0.05) is 37.8 Å². The molecule has 1 saturated heterocycles. The molecule has 2 aromatic rings. The minimum absolute atomic E-state index is 0.0312. The van der Waals surface area contributed by atoms with E-state index in [2.05, 4.69) is 25.6 Å². The lowest BCUT2D eigenvalue weighted by atomic mass is 9.85. The second kappa shape index (κ2) is 10.1. The molecule has 34 heavy (non-hydrogen) atoms. The van der Waals surface area contributed by atoms with Crippen LogP contribution in [0.4, 0.5) is 0 Å². The van der Waals surface area contributed by atoms with Crippen LogP contribution in [0.1, 0.15) is 58.3 Å². The molecule has 2 aromatic heterocycles. The lowest BCUT2D eigenvalue weighted by molar-refractivity contribution is -0.144.